The Morgan fingerprint density at radius 3 is 1.50 bits per heavy atom. The Labute approximate surface area is 119 Å². The van der Waals surface area contributed by atoms with Crippen molar-refractivity contribution in [2.24, 2.45) is 0 Å². The van der Waals surface area contributed by atoms with Crippen LogP contribution >= 0.6 is 0 Å². The molecule has 0 atom stereocenters. The molecule has 0 saturated carbocycles. The van der Waals surface area contributed by atoms with E-state index in [1.807, 2.05) is 50.2 Å². The van der Waals surface area contributed by atoms with E-state index in [0.717, 1.165) is 11.1 Å². The van der Waals surface area contributed by atoms with Crippen LogP contribution in [0.15, 0.2) is 36.4 Å². The number of nitrogens with zero attached hydrogens (tertiary/aromatic N) is 2. The first-order valence-electron chi connectivity index (χ1n) is 6.58. The Hall–Kier alpha value is -2.58. The van der Waals surface area contributed by atoms with E-state index in [0.29, 0.717) is 11.1 Å². The molecule has 0 aliphatic rings. The Balaban J connectivity index is 2.44. The zero-order valence-corrected chi connectivity index (χ0v) is 11.9. The summed E-state index contributed by atoms with van der Waals surface area (Å²) in [6.45, 7) is 6.22. The van der Waals surface area contributed by atoms with Crippen LogP contribution in [-0.2, 0) is 0 Å². The molecule has 2 nitrogen and oxygen atoms in total. The van der Waals surface area contributed by atoms with Crippen LogP contribution in [0.1, 0.15) is 46.2 Å². The molecule has 0 bridgehead atoms. The molecule has 0 heterocycles. The second-order valence-corrected chi connectivity index (χ2v) is 5.09. The van der Waals surface area contributed by atoms with Gasteiger partial charge in [-0.1, -0.05) is 19.1 Å². The van der Waals surface area contributed by atoms with E-state index in [1.54, 1.807) is 0 Å². The largest absolute Gasteiger partial charge is 0.192 e. The second kappa shape index (κ2) is 5.59. The van der Waals surface area contributed by atoms with Gasteiger partial charge in [0.15, 0.2) is 0 Å². The number of aryl methyl sites for hydroxylation is 2. The fourth-order valence-electron chi connectivity index (χ4n) is 2.63. The van der Waals surface area contributed by atoms with Crippen LogP contribution in [0, 0.1) is 36.5 Å². The average Bonchev–Trinajstić information content (AvgIpc) is 2.46. The molecule has 0 fully saturated rings. The van der Waals surface area contributed by atoms with Gasteiger partial charge in [0.2, 0.25) is 0 Å². The smallest absolute Gasteiger partial charge is 0.0991 e. The first-order chi connectivity index (χ1) is 9.56. The molecule has 0 aromatic heterocycles. The van der Waals surface area contributed by atoms with Crippen molar-refractivity contribution < 1.29 is 0 Å². The van der Waals surface area contributed by atoms with E-state index < -0.39 is 0 Å². The number of benzene rings is 2. The van der Waals surface area contributed by atoms with Crippen LogP contribution in [0.2, 0.25) is 0 Å². The van der Waals surface area contributed by atoms with Crippen LogP contribution < -0.4 is 0 Å². The summed E-state index contributed by atoms with van der Waals surface area (Å²) in [5.41, 5.74) is 6.07. The Kier molecular flexibility index (Phi) is 3.87. The Morgan fingerprint density at radius 2 is 1.20 bits per heavy atom. The molecule has 0 saturated heterocycles. The van der Waals surface area contributed by atoms with Gasteiger partial charge in [-0.15, -0.1) is 0 Å². The zero-order valence-electron chi connectivity index (χ0n) is 11.9. The number of hydrogen-bond acceptors (Lipinski definition) is 2. The van der Waals surface area contributed by atoms with E-state index in [-0.39, 0.29) is 5.92 Å². The summed E-state index contributed by atoms with van der Waals surface area (Å²) in [5.74, 6) is 0.246. The summed E-state index contributed by atoms with van der Waals surface area (Å²) in [7, 11) is 0. The summed E-state index contributed by atoms with van der Waals surface area (Å²) >= 11 is 0. The maximum absolute atomic E-state index is 8.93. The molecule has 2 heteroatoms. The predicted octanol–water partition coefficient (Wildman–Crippen LogP) is 4.20. The third kappa shape index (κ3) is 2.56. The highest BCUT2D eigenvalue weighted by molar-refractivity contribution is 5.46. The van der Waals surface area contributed by atoms with Crippen LogP contribution in [0.3, 0.4) is 0 Å². The molecule has 0 radical (unpaired) electrons. The van der Waals surface area contributed by atoms with Crippen molar-refractivity contribution in [1.82, 2.24) is 0 Å². The van der Waals surface area contributed by atoms with Gasteiger partial charge in [0.1, 0.15) is 0 Å². The zero-order chi connectivity index (χ0) is 14.7. The van der Waals surface area contributed by atoms with E-state index in [1.165, 1.54) is 11.1 Å². The average molecular weight is 260 g/mol. The maximum Gasteiger partial charge on any atom is 0.0991 e. The fraction of sp³-hybridized carbons (Fsp3) is 0.222. The lowest BCUT2D eigenvalue weighted by Gasteiger charge is -2.18. The van der Waals surface area contributed by atoms with E-state index in [2.05, 4.69) is 19.1 Å². The van der Waals surface area contributed by atoms with Gasteiger partial charge in [0.05, 0.1) is 23.3 Å². The van der Waals surface area contributed by atoms with E-state index >= 15 is 0 Å². The van der Waals surface area contributed by atoms with Crippen molar-refractivity contribution in [3.63, 3.8) is 0 Å². The molecule has 20 heavy (non-hydrogen) atoms. The minimum absolute atomic E-state index is 0.246. The van der Waals surface area contributed by atoms with Gasteiger partial charge in [0, 0.05) is 5.92 Å². The third-order valence-electron chi connectivity index (χ3n) is 3.73. The standard InChI is InChI=1S/C18H16N2/c1-12-8-15(10-19)4-6-17(12)14(3)18-7-5-16(11-20)9-13(18)2/h4-9,14H,1-3H3. The molecule has 2 aromatic rings. The summed E-state index contributed by atoms with van der Waals surface area (Å²) < 4.78 is 0. The normalized spacial score (nSPS) is 10.1. The lowest BCUT2D eigenvalue weighted by molar-refractivity contribution is 0.898. The van der Waals surface area contributed by atoms with Crippen molar-refractivity contribution in [2.45, 2.75) is 26.7 Å². The summed E-state index contributed by atoms with van der Waals surface area (Å²) in [5, 5.41) is 17.9. The molecule has 0 aliphatic heterocycles. The highest BCUT2D eigenvalue weighted by atomic mass is 14.3. The van der Waals surface area contributed by atoms with Gasteiger partial charge in [-0.3, -0.25) is 0 Å². The van der Waals surface area contributed by atoms with Gasteiger partial charge in [-0.2, -0.15) is 10.5 Å². The second-order valence-electron chi connectivity index (χ2n) is 5.09. The molecular formula is C18H16N2. The molecule has 0 aliphatic carbocycles. The van der Waals surface area contributed by atoms with E-state index in [4.69, 9.17) is 10.5 Å². The van der Waals surface area contributed by atoms with Crippen LogP contribution in [-0.4, -0.2) is 0 Å². The topological polar surface area (TPSA) is 47.6 Å². The molecule has 0 amide bonds. The molecule has 0 unspecified atom stereocenters. The van der Waals surface area contributed by atoms with Crippen LogP contribution in [0.25, 0.3) is 0 Å². The summed E-state index contributed by atoms with van der Waals surface area (Å²) in [6, 6.07) is 15.9. The Bertz CT molecular complexity index is 667. The number of nitriles is 2. The van der Waals surface area contributed by atoms with Crippen LogP contribution in [0.5, 0.6) is 0 Å². The van der Waals surface area contributed by atoms with Gasteiger partial charge in [-0.25, -0.2) is 0 Å². The van der Waals surface area contributed by atoms with Gasteiger partial charge < -0.3 is 0 Å². The summed E-state index contributed by atoms with van der Waals surface area (Å²) in [4.78, 5) is 0. The third-order valence-corrected chi connectivity index (χ3v) is 3.73. The highest BCUT2D eigenvalue weighted by Crippen LogP contribution is 2.29. The van der Waals surface area contributed by atoms with E-state index in [9.17, 15) is 0 Å². The monoisotopic (exact) mass is 260 g/mol. The minimum Gasteiger partial charge on any atom is -0.192 e. The number of hydrogen-bond donors (Lipinski definition) is 0. The fourth-order valence-corrected chi connectivity index (χ4v) is 2.63. The SMILES string of the molecule is Cc1cc(C#N)ccc1C(C)c1ccc(C#N)cc1C. The molecule has 0 N–H and O–H groups in total. The van der Waals surface area contributed by atoms with Crippen molar-refractivity contribution in [1.29, 1.82) is 10.5 Å². The van der Waals surface area contributed by atoms with Crippen molar-refractivity contribution in [3.05, 3.63) is 69.8 Å². The highest BCUT2D eigenvalue weighted by Gasteiger charge is 2.13. The Morgan fingerprint density at radius 1 is 0.800 bits per heavy atom. The number of rotatable bonds is 2. The molecule has 2 rings (SSSR count). The molecule has 98 valence electrons. The van der Waals surface area contributed by atoms with Gasteiger partial charge >= 0.3 is 0 Å². The van der Waals surface area contributed by atoms with Gasteiger partial charge in [-0.05, 0) is 60.4 Å². The predicted molar refractivity (Wildman–Crippen MR) is 79.3 cm³/mol. The molecule has 0 spiro atoms. The maximum atomic E-state index is 8.93. The lowest BCUT2D eigenvalue weighted by Crippen LogP contribution is -2.02. The lowest BCUT2D eigenvalue weighted by atomic mass is 9.86. The quantitative estimate of drug-likeness (QED) is 0.812. The molecular weight excluding hydrogens is 244 g/mol. The first kappa shape index (κ1) is 13.8. The van der Waals surface area contributed by atoms with Crippen LogP contribution in [0.4, 0.5) is 0 Å². The van der Waals surface area contributed by atoms with Gasteiger partial charge in [0.25, 0.3) is 0 Å². The minimum atomic E-state index is 0.246. The molecule has 2 aromatic carbocycles. The van der Waals surface area contributed by atoms with Crippen molar-refractivity contribution in [3.8, 4) is 12.1 Å². The van der Waals surface area contributed by atoms with Crippen molar-refractivity contribution >= 4 is 0 Å². The summed E-state index contributed by atoms with van der Waals surface area (Å²) in [6.07, 6.45) is 0. The first-order valence-corrected chi connectivity index (χ1v) is 6.58. The van der Waals surface area contributed by atoms with Crippen molar-refractivity contribution in [2.75, 3.05) is 0 Å².